The van der Waals surface area contributed by atoms with Gasteiger partial charge in [0.2, 0.25) is 0 Å². The number of fused-ring (bicyclic) bond motifs is 1. The Morgan fingerprint density at radius 2 is 1.87 bits per heavy atom. The van der Waals surface area contributed by atoms with E-state index in [4.69, 9.17) is 9.47 Å². The van der Waals surface area contributed by atoms with Crippen LogP contribution in [-0.2, 0) is 23.1 Å². The second kappa shape index (κ2) is 8.44. The summed E-state index contributed by atoms with van der Waals surface area (Å²) < 4.78 is 14.3. The molecule has 3 aromatic rings. The van der Waals surface area contributed by atoms with E-state index in [1.54, 1.807) is 4.68 Å². The van der Waals surface area contributed by atoms with E-state index in [0.717, 1.165) is 43.2 Å². The van der Waals surface area contributed by atoms with Gasteiger partial charge in [0.05, 0.1) is 23.8 Å². The van der Waals surface area contributed by atoms with Gasteiger partial charge in [0, 0.05) is 38.6 Å². The van der Waals surface area contributed by atoms with Crippen LogP contribution >= 0.6 is 0 Å². The van der Waals surface area contributed by atoms with Crippen molar-refractivity contribution in [3.8, 4) is 0 Å². The molecule has 2 aliphatic heterocycles. The summed E-state index contributed by atoms with van der Waals surface area (Å²) in [5.41, 5.74) is 2.55. The smallest absolute Gasteiger partial charge is 0.275 e. The summed E-state index contributed by atoms with van der Waals surface area (Å²) in [7, 11) is 1.88. The van der Waals surface area contributed by atoms with Crippen LogP contribution in [0.25, 0.3) is 10.9 Å². The van der Waals surface area contributed by atoms with Gasteiger partial charge in [-0.1, -0.05) is 48.5 Å². The van der Waals surface area contributed by atoms with Gasteiger partial charge in [-0.2, -0.15) is 5.10 Å². The van der Waals surface area contributed by atoms with E-state index < -0.39 is 0 Å². The zero-order chi connectivity index (χ0) is 21.3. The van der Waals surface area contributed by atoms with E-state index in [2.05, 4.69) is 17.2 Å². The van der Waals surface area contributed by atoms with Crippen LogP contribution in [0.2, 0.25) is 0 Å². The molecule has 6 heteroatoms. The summed E-state index contributed by atoms with van der Waals surface area (Å²) in [6, 6.07) is 18.2. The van der Waals surface area contributed by atoms with Gasteiger partial charge in [-0.05, 0) is 30.9 Å². The number of rotatable bonds is 4. The monoisotopic (exact) mass is 419 g/mol. The van der Waals surface area contributed by atoms with E-state index in [-0.39, 0.29) is 17.6 Å². The summed E-state index contributed by atoms with van der Waals surface area (Å²) in [6.07, 6.45) is 3.71. The van der Waals surface area contributed by atoms with Crippen molar-refractivity contribution < 1.29 is 14.3 Å². The summed E-state index contributed by atoms with van der Waals surface area (Å²) in [6.45, 7) is 2.74. The Morgan fingerprint density at radius 1 is 1.13 bits per heavy atom. The molecule has 0 bridgehead atoms. The number of carbonyl (C=O) groups is 1. The second-order valence-corrected chi connectivity index (χ2v) is 8.72. The molecule has 0 N–H and O–H groups in total. The molecule has 1 atom stereocenters. The lowest BCUT2D eigenvalue weighted by Gasteiger charge is -2.46. The number of benzene rings is 2. The second-order valence-electron chi connectivity index (χ2n) is 8.72. The van der Waals surface area contributed by atoms with E-state index in [1.807, 2.05) is 54.4 Å². The van der Waals surface area contributed by atoms with Crippen LogP contribution in [0.5, 0.6) is 0 Å². The topological polar surface area (TPSA) is 56.6 Å². The summed E-state index contributed by atoms with van der Waals surface area (Å²) in [5, 5.41) is 5.42. The first kappa shape index (κ1) is 20.2. The predicted octanol–water partition coefficient (Wildman–Crippen LogP) is 3.94. The molecule has 1 amide bonds. The molecule has 6 nitrogen and oxygen atoms in total. The summed E-state index contributed by atoms with van der Waals surface area (Å²) in [5.74, 6) is 0.0133. The van der Waals surface area contributed by atoms with Crippen molar-refractivity contribution in [1.29, 1.82) is 0 Å². The van der Waals surface area contributed by atoms with Crippen LogP contribution in [-0.4, -0.2) is 52.0 Å². The molecule has 162 valence electrons. The van der Waals surface area contributed by atoms with E-state index >= 15 is 0 Å². The van der Waals surface area contributed by atoms with Crippen molar-refractivity contribution in [2.24, 2.45) is 7.05 Å². The fraction of sp³-hybridized carbons (Fsp3) is 0.440. The largest absolute Gasteiger partial charge is 0.375 e. The van der Waals surface area contributed by atoms with Gasteiger partial charge in [0.15, 0.2) is 5.69 Å². The minimum atomic E-state index is -0.178. The molecule has 1 aromatic heterocycles. The number of para-hydroxylation sites is 1. The number of ether oxygens (including phenoxy) is 2. The molecule has 0 radical (unpaired) electrons. The van der Waals surface area contributed by atoms with Crippen LogP contribution < -0.4 is 0 Å². The molecule has 5 rings (SSSR count). The quantitative estimate of drug-likeness (QED) is 0.643. The summed E-state index contributed by atoms with van der Waals surface area (Å²) in [4.78, 5) is 15.1. The van der Waals surface area contributed by atoms with Gasteiger partial charge in [0.25, 0.3) is 5.91 Å². The van der Waals surface area contributed by atoms with Gasteiger partial charge in [-0.15, -0.1) is 0 Å². The normalized spacial score (nSPS) is 20.9. The maximum atomic E-state index is 13.2. The van der Waals surface area contributed by atoms with Crippen molar-refractivity contribution in [2.45, 2.75) is 44.0 Å². The highest BCUT2D eigenvalue weighted by Gasteiger charge is 2.42. The van der Waals surface area contributed by atoms with E-state index in [9.17, 15) is 4.79 Å². The standard InChI is InChI=1S/C25H29N3O3/c1-27-22-10-6-5-9-21(22)23(26-27)24(29)28-14-12-25(13-15-28)17-20(11-16-31-25)30-18-19-7-3-2-4-8-19/h2-10,20H,11-18H2,1H3. The third kappa shape index (κ3) is 4.10. The molecule has 0 saturated carbocycles. The number of hydrogen-bond donors (Lipinski definition) is 0. The molecule has 2 fully saturated rings. The highest BCUT2D eigenvalue weighted by atomic mass is 16.5. The molecule has 1 spiro atoms. The number of piperidine rings is 1. The average Bonchev–Trinajstić information content (AvgIpc) is 3.15. The Bertz CT molecular complexity index is 1050. The summed E-state index contributed by atoms with van der Waals surface area (Å²) >= 11 is 0. The van der Waals surface area contributed by atoms with Crippen molar-refractivity contribution in [1.82, 2.24) is 14.7 Å². The van der Waals surface area contributed by atoms with E-state index in [0.29, 0.717) is 25.4 Å². The third-order valence-corrected chi connectivity index (χ3v) is 6.70. The van der Waals surface area contributed by atoms with Crippen LogP contribution in [0.15, 0.2) is 54.6 Å². The zero-order valence-corrected chi connectivity index (χ0v) is 18.0. The lowest BCUT2D eigenvalue weighted by Crippen LogP contribution is -2.52. The Hall–Kier alpha value is -2.70. The average molecular weight is 420 g/mol. The SMILES string of the molecule is Cn1nc(C(=O)N2CCC3(CC2)CC(OCc2ccccc2)CCO3)c2ccccc21. The number of hydrogen-bond acceptors (Lipinski definition) is 4. The number of amides is 1. The Morgan fingerprint density at radius 3 is 2.68 bits per heavy atom. The fourth-order valence-corrected chi connectivity index (χ4v) is 4.90. The highest BCUT2D eigenvalue weighted by Crippen LogP contribution is 2.37. The minimum Gasteiger partial charge on any atom is -0.375 e. The molecule has 2 aromatic carbocycles. The predicted molar refractivity (Wildman–Crippen MR) is 119 cm³/mol. The Kier molecular flexibility index (Phi) is 5.50. The molecular formula is C25H29N3O3. The van der Waals surface area contributed by atoms with Gasteiger partial charge in [0.1, 0.15) is 0 Å². The van der Waals surface area contributed by atoms with Crippen LogP contribution in [0.1, 0.15) is 41.7 Å². The zero-order valence-electron chi connectivity index (χ0n) is 18.0. The maximum Gasteiger partial charge on any atom is 0.275 e. The van der Waals surface area contributed by atoms with Crippen molar-refractivity contribution in [2.75, 3.05) is 19.7 Å². The number of aryl methyl sites for hydroxylation is 1. The third-order valence-electron chi connectivity index (χ3n) is 6.70. The van der Waals surface area contributed by atoms with Crippen molar-refractivity contribution >= 4 is 16.8 Å². The van der Waals surface area contributed by atoms with Crippen molar-refractivity contribution in [3.63, 3.8) is 0 Å². The molecule has 0 aliphatic carbocycles. The number of carbonyl (C=O) groups excluding carboxylic acids is 1. The van der Waals surface area contributed by atoms with Gasteiger partial charge in [-0.25, -0.2) is 0 Å². The molecule has 31 heavy (non-hydrogen) atoms. The molecule has 2 saturated heterocycles. The lowest BCUT2D eigenvalue weighted by atomic mass is 9.83. The fourth-order valence-electron chi connectivity index (χ4n) is 4.90. The molecule has 2 aliphatic rings. The van der Waals surface area contributed by atoms with Gasteiger partial charge in [-0.3, -0.25) is 9.48 Å². The van der Waals surface area contributed by atoms with Crippen LogP contribution in [0.3, 0.4) is 0 Å². The number of likely N-dealkylation sites (tertiary alicyclic amines) is 1. The molecule has 1 unspecified atom stereocenters. The number of nitrogens with zero attached hydrogens (tertiary/aromatic N) is 3. The Labute approximate surface area is 182 Å². The molecule has 3 heterocycles. The maximum absolute atomic E-state index is 13.2. The van der Waals surface area contributed by atoms with Crippen molar-refractivity contribution in [3.05, 3.63) is 65.9 Å². The van der Waals surface area contributed by atoms with E-state index in [1.165, 1.54) is 5.56 Å². The highest BCUT2D eigenvalue weighted by molar-refractivity contribution is 6.04. The lowest BCUT2D eigenvalue weighted by molar-refractivity contribution is -0.154. The minimum absolute atomic E-state index is 0.0133. The van der Waals surface area contributed by atoms with Gasteiger partial charge < -0.3 is 14.4 Å². The Balaban J connectivity index is 1.21. The first-order valence-corrected chi connectivity index (χ1v) is 11.1. The first-order valence-electron chi connectivity index (χ1n) is 11.1. The first-order chi connectivity index (χ1) is 15.1. The van der Waals surface area contributed by atoms with Crippen LogP contribution in [0.4, 0.5) is 0 Å². The number of aromatic nitrogens is 2. The van der Waals surface area contributed by atoms with Gasteiger partial charge >= 0.3 is 0 Å². The molecular weight excluding hydrogens is 390 g/mol. The van der Waals surface area contributed by atoms with Crippen LogP contribution in [0, 0.1) is 0 Å².